The number of nitrogens with zero attached hydrogens (tertiary/aromatic N) is 1. The first-order chi connectivity index (χ1) is 7.50. The molecule has 0 aliphatic carbocycles. The summed E-state index contributed by atoms with van der Waals surface area (Å²) in [5.41, 5.74) is 0.660. The lowest BCUT2D eigenvalue weighted by molar-refractivity contribution is 0.0515. The van der Waals surface area contributed by atoms with E-state index in [1.54, 1.807) is 19.1 Å². The predicted octanol–water partition coefficient (Wildman–Crippen LogP) is 3.68. The average molecular weight is 281 g/mol. The minimum absolute atomic E-state index is 0.311. The molecule has 0 bridgehead atoms. The van der Waals surface area contributed by atoms with Gasteiger partial charge >= 0.3 is 5.97 Å². The van der Waals surface area contributed by atoms with Gasteiger partial charge < -0.3 is 4.84 Å². The fourth-order valence-corrected chi connectivity index (χ4v) is 0.998. The summed E-state index contributed by atoms with van der Waals surface area (Å²) in [6.07, 6.45) is 0. The van der Waals surface area contributed by atoms with Crippen molar-refractivity contribution in [1.29, 1.82) is 0 Å². The van der Waals surface area contributed by atoms with Crippen LogP contribution >= 0.6 is 34.8 Å². The molecule has 0 atom stereocenters. The number of oxime groups is 1. The van der Waals surface area contributed by atoms with Crippen molar-refractivity contribution in [2.45, 2.75) is 11.8 Å². The molecule has 0 fully saturated rings. The van der Waals surface area contributed by atoms with Crippen LogP contribution in [0.5, 0.6) is 0 Å². The van der Waals surface area contributed by atoms with Crippen molar-refractivity contribution in [3.05, 3.63) is 34.9 Å². The van der Waals surface area contributed by atoms with Crippen LogP contribution in [0.3, 0.4) is 0 Å². The zero-order valence-corrected chi connectivity index (χ0v) is 10.6. The molecule has 1 aromatic rings. The minimum atomic E-state index is -0.794. The lowest BCUT2D eigenvalue weighted by Crippen LogP contribution is -2.07. The number of alkyl halides is 2. The lowest BCUT2D eigenvalue weighted by Gasteiger charge is -2.01. The van der Waals surface area contributed by atoms with Crippen LogP contribution < -0.4 is 0 Å². The lowest BCUT2D eigenvalue weighted by atomic mass is 10.2. The molecule has 16 heavy (non-hydrogen) atoms. The van der Waals surface area contributed by atoms with Gasteiger partial charge in [0.15, 0.2) is 0 Å². The van der Waals surface area contributed by atoms with E-state index in [0.717, 1.165) is 0 Å². The molecule has 1 rings (SSSR count). The van der Waals surface area contributed by atoms with Crippen LogP contribution in [-0.4, -0.2) is 16.5 Å². The first-order valence-electron chi connectivity index (χ1n) is 4.30. The van der Waals surface area contributed by atoms with E-state index in [1.165, 1.54) is 12.1 Å². The Morgan fingerprint density at radius 3 is 2.38 bits per heavy atom. The number of carbonyl (C=O) groups excluding carboxylic acids is 1. The van der Waals surface area contributed by atoms with Crippen LogP contribution in [-0.2, 0) is 4.84 Å². The second kappa shape index (κ2) is 6.09. The van der Waals surface area contributed by atoms with Crippen molar-refractivity contribution < 1.29 is 9.63 Å². The normalized spacial score (nSPS) is 11.7. The smallest absolute Gasteiger partial charge is 0.313 e. The Bertz CT molecular complexity index is 401. The van der Waals surface area contributed by atoms with Crippen LogP contribution in [0.25, 0.3) is 0 Å². The highest BCUT2D eigenvalue weighted by Crippen LogP contribution is 2.11. The van der Waals surface area contributed by atoms with E-state index in [1.807, 2.05) is 0 Å². The Kier molecular flexibility index (Phi) is 5.06. The molecule has 0 aromatic heterocycles. The fraction of sp³-hybridized carbons (Fsp3) is 0.200. The summed E-state index contributed by atoms with van der Waals surface area (Å²) in [7, 11) is 0. The molecule has 0 heterocycles. The van der Waals surface area contributed by atoms with E-state index < -0.39 is 10.8 Å². The summed E-state index contributed by atoms with van der Waals surface area (Å²) in [5, 5.41) is 4.03. The molecule has 0 amide bonds. The standard InChI is InChI=1S/C10H8Cl3NO2/c1-6(9(12)13)14-16-10(15)7-2-4-8(11)5-3-7/h2-5,9H,1H3. The summed E-state index contributed by atoms with van der Waals surface area (Å²) < 4.78 is 0. The molecule has 1 aromatic carbocycles. The van der Waals surface area contributed by atoms with Gasteiger partial charge in [-0.1, -0.05) is 40.0 Å². The van der Waals surface area contributed by atoms with Crippen molar-refractivity contribution in [3.8, 4) is 0 Å². The summed E-state index contributed by atoms with van der Waals surface area (Å²) in [5.74, 6) is -0.593. The van der Waals surface area contributed by atoms with Gasteiger partial charge in [-0.15, -0.1) is 0 Å². The van der Waals surface area contributed by atoms with E-state index in [9.17, 15) is 4.79 Å². The van der Waals surface area contributed by atoms with Crippen molar-refractivity contribution >= 4 is 46.5 Å². The molecule has 0 saturated heterocycles. The van der Waals surface area contributed by atoms with Crippen molar-refractivity contribution in [2.24, 2.45) is 5.16 Å². The van der Waals surface area contributed by atoms with Crippen LogP contribution in [0.15, 0.2) is 29.4 Å². The average Bonchev–Trinajstić information content (AvgIpc) is 2.26. The number of carbonyl (C=O) groups is 1. The maximum atomic E-state index is 11.4. The highest BCUT2D eigenvalue weighted by atomic mass is 35.5. The fourth-order valence-electron chi connectivity index (χ4n) is 0.792. The minimum Gasteiger partial charge on any atom is -0.313 e. The molecule has 86 valence electrons. The number of benzene rings is 1. The van der Waals surface area contributed by atoms with Crippen molar-refractivity contribution in [2.75, 3.05) is 0 Å². The molecule has 0 aliphatic rings. The van der Waals surface area contributed by atoms with Crippen molar-refractivity contribution in [1.82, 2.24) is 0 Å². The monoisotopic (exact) mass is 279 g/mol. The van der Waals surface area contributed by atoms with Gasteiger partial charge in [0.05, 0.1) is 11.3 Å². The van der Waals surface area contributed by atoms with E-state index in [4.69, 9.17) is 34.8 Å². The van der Waals surface area contributed by atoms with E-state index >= 15 is 0 Å². The molecule has 6 heteroatoms. The third-order valence-electron chi connectivity index (χ3n) is 1.67. The number of hydrogen-bond acceptors (Lipinski definition) is 3. The predicted molar refractivity (Wildman–Crippen MR) is 65.5 cm³/mol. The van der Waals surface area contributed by atoms with E-state index in [0.29, 0.717) is 16.3 Å². The number of hydrogen-bond donors (Lipinski definition) is 0. The topological polar surface area (TPSA) is 38.7 Å². The van der Waals surface area contributed by atoms with Gasteiger partial charge in [-0.25, -0.2) is 4.79 Å². The van der Waals surface area contributed by atoms with Gasteiger partial charge in [-0.05, 0) is 31.2 Å². The largest absolute Gasteiger partial charge is 0.365 e. The van der Waals surface area contributed by atoms with Crippen molar-refractivity contribution in [3.63, 3.8) is 0 Å². The Labute approximate surface area is 108 Å². The quantitative estimate of drug-likeness (QED) is 0.367. The molecule has 0 saturated carbocycles. The highest BCUT2D eigenvalue weighted by molar-refractivity contribution is 6.54. The first-order valence-corrected chi connectivity index (χ1v) is 5.55. The molecular formula is C10H8Cl3NO2. The Morgan fingerprint density at radius 1 is 1.31 bits per heavy atom. The second-order valence-corrected chi connectivity index (χ2v) is 4.45. The summed E-state index contributed by atoms with van der Waals surface area (Å²) in [4.78, 5) is 15.3. The van der Waals surface area contributed by atoms with Crippen LogP contribution in [0, 0.1) is 0 Å². The Hall–Kier alpha value is -0.770. The Morgan fingerprint density at radius 2 is 1.88 bits per heavy atom. The number of halogens is 3. The van der Waals surface area contributed by atoms with Gasteiger partial charge in [0, 0.05) is 5.02 Å². The van der Waals surface area contributed by atoms with Crippen LogP contribution in [0.1, 0.15) is 17.3 Å². The highest BCUT2D eigenvalue weighted by Gasteiger charge is 2.09. The molecule has 0 N–H and O–H groups in total. The summed E-state index contributed by atoms with van der Waals surface area (Å²) in [6, 6.07) is 6.24. The van der Waals surface area contributed by atoms with Crippen LogP contribution in [0.2, 0.25) is 5.02 Å². The van der Waals surface area contributed by atoms with Gasteiger partial charge in [0.1, 0.15) is 4.84 Å². The molecule has 0 aliphatic heterocycles. The maximum absolute atomic E-state index is 11.4. The van der Waals surface area contributed by atoms with Crippen LogP contribution in [0.4, 0.5) is 0 Å². The van der Waals surface area contributed by atoms with Gasteiger partial charge in [0.2, 0.25) is 0 Å². The molecule has 0 spiro atoms. The molecule has 3 nitrogen and oxygen atoms in total. The zero-order chi connectivity index (χ0) is 12.1. The van der Waals surface area contributed by atoms with Gasteiger partial charge in [-0.3, -0.25) is 0 Å². The second-order valence-electron chi connectivity index (χ2n) is 2.92. The zero-order valence-electron chi connectivity index (χ0n) is 8.28. The third-order valence-corrected chi connectivity index (χ3v) is 2.55. The molecule has 0 radical (unpaired) electrons. The van der Waals surface area contributed by atoms with E-state index in [-0.39, 0.29) is 0 Å². The molecule has 0 unspecified atom stereocenters. The van der Waals surface area contributed by atoms with Gasteiger partial charge in [0.25, 0.3) is 0 Å². The van der Waals surface area contributed by atoms with E-state index in [2.05, 4.69) is 9.99 Å². The molecular weight excluding hydrogens is 272 g/mol. The maximum Gasteiger partial charge on any atom is 0.365 e. The Balaban J connectivity index is 2.66. The van der Waals surface area contributed by atoms with Gasteiger partial charge in [-0.2, -0.15) is 0 Å². The third kappa shape index (κ3) is 4.00. The first kappa shape index (κ1) is 13.3. The summed E-state index contributed by atoms with van der Waals surface area (Å²) in [6.45, 7) is 1.56. The SMILES string of the molecule is CC(=NOC(=O)c1ccc(Cl)cc1)C(Cl)Cl. The summed E-state index contributed by atoms with van der Waals surface area (Å²) >= 11 is 16.7. The number of rotatable bonds is 3.